The Morgan fingerprint density at radius 3 is 2.69 bits per heavy atom. The van der Waals surface area contributed by atoms with Gasteiger partial charge in [0.1, 0.15) is 5.82 Å². The zero-order valence-electron chi connectivity index (χ0n) is 12.8. The summed E-state index contributed by atoms with van der Waals surface area (Å²) in [4.78, 5) is 25.1. The molecule has 0 spiro atoms. The lowest BCUT2D eigenvalue weighted by molar-refractivity contribution is -0.123. The van der Waals surface area contributed by atoms with Gasteiger partial charge in [-0.3, -0.25) is 15.0 Å². The van der Waals surface area contributed by atoms with Crippen molar-refractivity contribution in [1.29, 1.82) is 0 Å². The van der Waals surface area contributed by atoms with Gasteiger partial charge >= 0.3 is 0 Å². The molecule has 0 aliphatic carbocycles. The van der Waals surface area contributed by atoms with Crippen LogP contribution in [0.2, 0.25) is 10.0 Å². The highest BCUT2D eigenvalue weighted by Crippen LogP contribution is 2.32. The summed E-state index contributed by atoms with van der Waals surface area (Å²) < 4.78 is 13.4. The van der Waals surface area contributed by atoms with Crippen LogP contribution in [0.25, 0.3) is 6.08 Å². The predicted octanol–water partition coefficient (Wildman–Crippen LogP) is 4.68. The second-order valence-electron chi connectivity index (χ2n) is 5.14. The molecule has 4 nitrogen and oxygen atoms in total. The molecule has 0 unspecified atom stereocenters. The molecule has 0 radical (unpaired) electrons. The molecule has 1 heterocycles. The lowest BCUT2D eigenvalue weighted by Crippen LogP contribution is -2.44. The van der Waals surface area contributed by atoms with Crippen LogP contribution in [-0.4, -0.2) is 21.1 Å². The topological polar surface area (TPSA) is 49.4 Å². The number of benzene rings is 2. The van der Waals surface area contributed by atoms with Gasteiger partial charge in [0.05, 0.1) is 15.5 Å². The van der Waals surface area contributed by atoms with E-state index in [1.165, 1.54) is 42.5 Å². The molecule has 0 aromatic heterocycles. The van der Waals surface area contributed by atoms with Crippen LogP contribution in [0.4, 0.5) is 4.39 Å². The van der Waals surface area contributed by atoms with E-state index in [9.17, 15) is 14.0 Å². The van der Waals surface area contributed by atoms with Crippen LogP contribution >= 0.6 is 47.2 Å². The summed E-state index contributed by atoms with van der Waals surface area (Å²) in [6, 6.07) is 10.2. The Morgan fingerprint density at radius 2 is 2.00 bits per heavy atom. The lowest BCUT2D eigenvalue weighted by atomic mass is 10.2. The Morgan fingerprint density at radius 1 is 1.23 bits per heavy atom. The molecule has 3 rings (SSSR count). The first kappa shape index (κ1) is 18.8. The Kier molecular flexibility index (Phi) is 5.62. The van der Waals surface area contributed by atoms with Crippen molar-refractivity contribution >= 4 is 69.4 Å². The first-order valence-corrected chi connectivity index (χ1v) is 9.13. The van der Waals surface area contributed by atoms with Crippen molar-refractivity contribution in [3.8, 4) is 0 Å². The fraction of sp³-hybridized carbons (Fsp3) is 0. The number of nitrogens with one attached hydrogen (secondary N) is 1. The molecule has 2 aromatic carbocycles. The summed E-state index contributed by atoms with van der Waals surface area (Å²) in [6.45, 7) is 0. The molecular weight excluding hydrogens is 418 g/mol. The van der Waals surface area contributed by atoms with Gasteiger partial charge in [0.25, 0.3) is 11.8 Å². The monoisotopic (exact) mass is 426 g/mol. The van der Waals surface area contributed by atoms with Crippen molar-refractivity contribution in [2.45, 2.75) is 0 Å². The number of carbonyl (C=O) groups excluding carboxylic acids is 2. The minimum absolute atomic E-state index is 0.149. The number of thiocarbonyl (C=S) groups is 1. The van der Waals surface area contributed by atoms with Crippen LogP contribution in [0.1, 0.15) is 15.9 Å². The van der Waals surface area contributed by atoms with Crippen LogP contribution < -0.4 is 5.43 Å². The van der Waals surface area contributed by atoms with E-state index >= 15 is 0 Å². The molecule has 1 saturated heterocycles. The SMILES string of the molecule is O=C(NN1C(=O)/C(=C\c2cccc(F)c2)SC1=S)c1ccc(Cl)cc1Cl. The van der Waals surface area contributed by atoms with E-state index in [4.69, 9.17) is 35.4 Å². The molecular formula is C17H9Cl2FN2O2S2. The first-order chi connectivity index (χ1) is 12.3. The predicted molar refractivity (Wildman–Crippen MR) is 105 cm³/mol. The maximum Gasteiger partial charge on any atom is 0.285 e. The molecule has 0 bridgehead atoms. The molecule has 1 aliphatic rings. The van der Waals surface area contributed by atoms with Gasteiger partial charge < -0.3 is 0 Å². The number of hydrogen-bond acceptors (Lipinski definition) is 4. The van der Waals surface area contributed by atoms with Gasteiger partial charge in [-0.2, -0.15) is 5.01 Å². The summed E-state index contributed by atoms with van der Waals surface area (Å²) in [5.74, 6) is -1.53. The smallest absolute Gasteiger partial charge is 0.267 e. The molecule has 1 aliphatic heterocycles. The second kappa shape index (κ2) is 7.75. The number of hydrogen-bond donors (Lipinski definition) is 1. The molecule has 0 atom stereocenters. The average Bonchev–Trinajstić information content (AvgIpc) is 2.82. The van der Waals surface area contributed by atoms with Crippen molar-refractivity contribution in [3.63, 3.8) is 0 Å². The normalized spacial score (nSPS) is 15.7. The van der Waals surface area contributed by atoms with Crippen molar-refractivity contribution in [2.75, 3.05) is 0 Å². The Bertz CT molecular complexity index is 966. The van der Waals surface area contributed by atoms with Crippen LogP contribution in [-0.2, 0) is 4.79 Å². The van der Waals surface area contributed by atoms with E-state index in [0.717, 1.165) is 16.8 Å². The Hall–Kier alpha value is -1.93. The van der Waals surface area contributed by atoms with Gasteiger partial charge in [-0.25, -0.2) is 4.39 Å². The summed E-state index contributed by atoms with van der Waals surface area (Å²) >= 11 is 18.0. The van der Waals surface area contributed by atoms with E-state index in [1.807, 2.05) is 0 Å². The number of carbonyl (C=O) groups is 2. The molecule has 26 heavy (non-hydrogen) atoms. The molecule has 0 saturated carbocycles. The van der Waals surface area contributed by atoms with Gasteiger partial charge in [0.2, 0.25) is 0 Å². The standard InChI is InChI=1S/C17H9Cl2FN2O2S2/c18-10-4-5-12(13(19)8-10)15(23)21-22-16(24)14(26-17(22)25)7-9-2-1-3-11(20)6-9/h1-8H,(H,21,23)/b14-7+. The summed E-state index contributed by atoms with van der Waals surface area (Å²) in [6.07, 6.45) is 1.50. The second-order valence-corrected chi connectivity index (χ2v) is 7.66. The van der Waals surface area contributed by atoms with E-state index in [1.54, 1.807) is 6.07 Å². The van der Waals surface area contributed by atoms with E-state index < -0.39 is 17.6 Å². The fourth-order valence-electron chi connectivity index (χ4n) is 2.15. The van der Waals surface area contributed by atoms with Gasteiger partial charge in [0, 0.05) is 5.02 Å². The quantitative estimate of drug-likeness (QED) is 0.571. The number of nitrogens with zero attached hydrogens (tertiary/aromatic N) is 1. The minimum atomic E-state index is -0.602. The molecule has 1 fully saturated rings. The van der Waals surface area contributed by atoms with Crippen molar-refractivity contribution < 1.29 is 14.0 Å². The van der Waals surface area contributed by atoms with Crippen molar-refractivity contribution in [2.24, 2.45) is 0 Å². The third-order valence-corrected chi connectivity index (χ3v) is 5.18. The highest BCUT2D eigenvalue weighted by molar-refractivity contribution is 8.26. The first-order valence-electron chi connectivity index (χ1n) is 7.15. The number of amides is 2. The summed E-state index contributed by atoms with van der Waals surface area (Å²) in [7, 11) is 0. The van der Waals surface area contributed by atoms with Crippen molar-refractivity contribution in [1.82, 2.24) is 10.4 Å². The molecule has 132 valence electrons. The Labute approximate surface area is 167 Å². The molecule has 2 aromatic rings. The zero-order valence-corrected chi connectivity index (χ0v) is 16.0. The minimum Gasteiger partial charge on any atom is -0.267 e. The molecule has 2 amide bonds. The fourth-order valence-corrected chi connectivity index (χ4v) is 3.82. The van der Waals surface area contributed by atoms with Crippen LogP contribution in [0.5, 0.6) is 0 Å². The van der Waals surface area contributed by atoms with Gasteiger partial charge in [-0.15, -0.1) is 0 Å². The average molecular weight is 427 g/mol. The van der Waals surface area contributed by atoms with Gasteiger partial charge in [0.15, 0.2) is 4.32 Å². The van der Waals surface area contributed by atoms with E-state index in [2.05, 4.69) is 5.43 Å². The van der Waals surface area contributed by atoms with E-state index in [0.29, 0.717) is 10.6 Å². The highest BCUT2D eigenvalue weighted by Gasteiger charge is 2.34. The largest absolute Gasteiger partial charge is 0.285 e. The third kappa shape index (κ3) is 4.07. The number of rotatable bonds is 3. The zero-order chi connectivity index (χ0) is 18.8. The van der Waals surface area contributed by atoms with Gasteiger partial charge in [-0.05, 0) is 54.2 Å². The maximum absolute atomic E-state index is 13.3. The maximum atomic E-state index is 13.3. The highest BCUT2D eigenvalue weighted by atomic mass is 35.5. The number of hydrazine groups is 1. The molecule has 9 heteroatoms. The Balaban J connectivity index is 1.80. The third-order valence-electron chi connectivity index (χ3n) is 3.33. The van der Waals surface area contributed by atoms with Crippen LogP contribution in [0.3, 0.4) is 0 Å². The van der Waals surface area contributed by atoms with Crippen molar-refractivity contribution in [3.05, 3.63) is 74.4 Å². The number of thioether (sulfide) groups is 1. The van der Waals surface area contributed by atoms with Crippen LogP contribution in [0.15, 0.2) is 47.4 Å². The molecule has 1 N–H and O–H groups in total. The lowest BCUT2D eigenvalue weighted by Gasteiger charge is -2.16. The summed E-state index contributed by atoms with van der Waals surface area (Å²) in [5.41, 5.74) is 3.09. The van der Waals surface area contributed by atoms with Gasteiger partial charge in [-0.1, -0.05) is 47.1 Å². The number of halogens is 3. The summed E-state index contributed by atoms with van der Waals surface area (Å²) in [5, 5.41) is 1.49. The van der Waals surface area contributed by atoms with E-state index in [-0.39, 0.29) is 19.8 Å². The van der Waals surface area contributed by atoms with Crippen LogP contribution in [0, 0.1) is 5.82 Å².